The molecule has 0 bridgehead atoms. The van der Waals surface area contributed by atoms with Crippen molar-refractivity contribution >= 4 is 0 Å². The van der Waals surface area contributed by atoms with Gasteiger partial charge >= 0.3 is 0 Å². The lowest BCUT2D eigenvalue weighted by atomic mass is 10.0. The molecule has 2 heteroatoms. The largest absolute Gasteiger partial charge is 0.508 e. The molecule has 0 saturated heterocycles. The predicted molar refractivity (Wildman–Crippen MR) is 91.7 cm³/mol. The molecule has 0 aliphatic heterocycles. The Kier molecular flexibility index (Phi) is 10.9. The molecule has 0 radical (unpaired) electrons. The summed E-state index contributed by atoms with van der Waals surface area (Å²) in [6, 6.07) is 7.69. The van der Waals surface area contributed by atoms with Crippen molar-refractivity contribution in [1.82, 2.24) is 0 Å². The first-order valence-corrected chi connectivity index (χ1v) is 8.81. The quantitative estimate of drug-likeness (QED) is 0.492. The molecule has 0 aromatic heterocycles. The zero-order valence-corrected chi connectivity index (χ0v) is 13.5. The van der Waals surface area contributed by atoms with Crippen LogP contribution in [0.25, 0.3) is 0 Å². The Hall–Kier alpha value is -1.02. The summed E-state index contributed by atoms with van der Waals surface area (Å²) in [5.41, 5.74) is 6.57. The number of nitrogens with two attached hydrogens (primary N) is 1. The third-order valence-corrected chi connectivity index (χ3v) is 4.14. The monoisotopic (exact) mass is 291 g/mol. The first-order valence-electron chi connectivity index (χ1n) is 8.81. The van der Waals surface area contributed by atoms with Crippen molar-refractivity contribution in [2.24, 2.45) is 5.73 Å². The van der Waals surface area contributed by atoms with Crippen LogP contribution in [0.4, 0.5) is 0 Å². The normalized spacial score (nSPS) is 10.9. The summed E-state index contributed by atoms with van der Waals surface area (Å²) in [4.78, 5) is 0. The molecule has 120 valence electrons. The first-order chi connectivity index (χ1) is 10.3. The van der Waals surface area contributed by atoms with Gasteiger partial charge in [0.1, 0.15) is 5.75 Å². The number of para-hydroxylation sites is 1. The Morgan fingerprint density at radius 2 is 1.14 bits per heavy atom. The molecule has 21 heavy (non-hydrogen) atoms. The fraction of sp³-hybridized carbons (Fsp3) is 0.684. The first kappa shape index (κ1) is 18.0. The van der Waals surface area contributed by atoms with Crippen molar-refractivity contribution in [1.29, 1.82) is 0 Å². The van der Waals surface area contributed by atoms with E-state index in [4.69, 9.17) is 5.73 Å². The second kappa shape index (κ2) is 12.7. The molecule has 0 spiro atoms. The minimum absolute atomic E-state index is 0.451. The second-order valence-electron chi connectivity index (χ2n) is 6.06. The van der Waals surface area contributed by atoms with Crippen LogP contribution in [0.1, 0.15) is 76.2 Å². The topological polar surface area (TPSA) is 46.2 Å². The molecule has 0 fully saturated rings. The lowest BCUT2D eigenvalue weighted by molar-refractivity contribution is 0.466. The van der Waals surface area contributed by atoms with Crippen LogP contribution in [-0.4, -0.2) is 11.7 Å². The van der Waals surface area contributed by atoms with Crippen LogP contribution in [0.15, 0.2) is 24.3 Å². The summed E-state index contributed by atoms with van der Waals surface area (Å²) < 4.78 is 0. The number of aryl methyl sites for hydroxylation is 1. The summed E-state index contributed by atoms with van der Waals surface area (Å²) in [6.07, 6.45) is 15.6. The minimum Gasteiger partial charge on any atom is -0.508 e. The standard InChI is InChI=1S/C19H33NO/c20-17-13-9-7-5-3-1-2-4-6-8-10-14-18-15-11-12-16-19(18)21/h11-12,15-16,21H,1-10,13-14,17,20H2. The van der Waals surface area contributed by atoms with Crippen molar-refractivity contribution < 1.29 is 5.11 Å². The number of unbranched alkanes of at least 4 members (excludes halogenated alkanes) is 10. The highest BCUT2D eigenvalue weighted by Gasteiger charge is 1.99. The zero-order chi connectivity index (χ0) is 15.2. The molecule has 1 aromatic rings. The number of phenols is 1. The van der Waals surface area contributed by atoms with Gasteiger partial charge in [0.2, 0.25) is 0 Å². The van der Waals surface area contributed by atoms with Crippen LogP contribution in [0.5, 0.6) is 5.75 Å². The summed E-state index contributed by atoms with van der Waals surface area (Å²) in [6.45, 7) is 0.848. The van der Waals surface area contributed by atoms with E-state index >= 15 is 0 Å². The number of phenolic OH excluding ortho intramolecular Hbond substituents is 1. The Labute approximate surface area is 130 Å². The van der Waals surface area contributed by atoms with E-state index in [2.05, 4.69) is 0 Å². The summed E-state index contributed by atoms with van der Waals surface area (Å²) in [5.74, 6) is 0.451. The molecule has 0 atom stereocenters. The molecule has 1 rings (SSSR count). The van der Waals surface area contributed by atoms with Crippen LogP contribution in [0.3, 0.4) is 0 Å². The molecule has 1 aromatic carbocycles. The van der Waals surface area contributed by atoms with Crippen LogP contribution in [0.2, 0.25) is 0 Å². The number of hydrogen-bond acceptors (Lipinski definition) is 2. The summed E-state index contributed by atoms with van der Waals surface area (Å²) in [7, 11) is 0. The van der Waals surface area contributed by atoms with Crippen molar-refractivity contribution in [3.8, 4) is 5.75 Å². The van der Waals surface area contributed by atoms with Crippen molar-refractivity contribution in [3.05, 3.63) is 29.8 Å². The molecule has 0 aliphatic carbocycles. The highest BCUT2D eigenvalue weighted by Crippen LogP contribution is 2.19. The lowest BCUT2D eigenvalue weighted by Gasteiger charge is -2.04. The fourth-order valence-electron chi connectivity index (χ4n) is 2.77. The molecule has 0 heterocycles. The van der Waals surface area contributed by atoms with E-state index in [1.54, 1.807) is 6.07 Å². The van der Waals surface area contributed by atoms with Gasteiger partial charge in [0.05, 0.1) is 0 Å². The van der Waals surface area contributed by atoms with Gasteiger partial charge in [-0.05, 0) is 37.4 Å². The van der Waals surface area contributed by atoms with E-state index in [-0.39, 0.29) is 0 Å². The van der Waals surface area contributed by atoms with Gasteiger partial charge in [0.15, 0.2) is 0 Å². The molecule has 0 saturated carbocycles. The minimum atomic E-state index is 0.451. The summed E-state index contributed by atoms with van der Waals surface area (Å²) in [5, 5.41) is 9.68. The lowest BCUT2D eigenvalue weighted by Crippen LogP contribution is -1.97. The summed E-state index contributed by atoms with van der Waals surface area (Å²) >= 11 is 0. The second-order valence-corrected chi connectivity index (χ2v) is 6.06. The smallest absolute Gasteiger partial charge is 0.118 e. The SMILES string of the molecule is NCCCCCCCCCCCCCc1ccccc1O. The van der Waals surface area contributed by atoms with E-state index in [1.165, 1.54) is 70.6 Å². The number of aromatic hydroxyl groups is 1. The maximum atomic E-state index is 9.68. The third kappa shape index (κ3) is 9.52. The van der Waals surface area contributed by atoms with E-state index in [0.717, 1.165) is 18.5 Å². The van der Waals surface area contributed by atoms with Gasteiger partial charge in [-0.2, -0.15) is 0 Å². The average Bonchev–Trinajstić information content (AvgIpc) is 2.50. The van der Waals surface area contributed by atoms with Gasteiger partial charge in [-0.15, -0.1) is 0 Å². The maximum absolute atomic E-state index is 9.68. The van der Waals surface area contributed by atoms with Crippen molar-refractivity contribution in [2.45, 2.75) is 77.0 Å². The van der Waals surface area contributed by atoms with Crippen LogP contribution in [-0.2, 0) is 6.42 Å². The Balaban J connectivity index is 1.84. The van der Waals surface area contributed by atoms with E-state index in [1.807, 2.05) is 18.2 Å². The molecular weight excluding hydrogens is 258 g/mol. The molecule has 0 amide bonds. The van der Waals surface area contributed by atoms with Crippen LogP contribution < -0.4 is 5.73 Å². The predicted octanol–water partition coefficient (Wildman–Crippen LogP) is 5.18. The van der Waals surface area contributed by atoms with Crippen molar-refractivity contribution in [2.75, 3.05) is 6.54 Å². The average molecular weight is 291 g/mol. The maximum Gasteiger partial charge on any atom is 0.118 e. The van der Waals surface area contributed by atoms with Gasteiger partial charge in [-0.1, -0.05) is 76.0 Å². The molecular formula is C19H33NO. The van der Waals surface area contributed by atoms with Gasteiger partial charge in [-0.3, -0.25) is 0 Å². The molecule has 2 nitrogen and oxygen atoms in total. The van der Waals surface area contributed by atoms with E-state index in [0.29, 0.717) is 5.75 Å². The number of benzene rings is 1. The highest BCUT2D eigenvalue weighted by atomic mass is 16.3. The molecule has 3 N–H and O–H groups in total. The van der Waals surface area contributed by atoms with Crippen LogP contribution in [0, 0.1) is 0 Å². The number of rotatable bonds is 13. The van der Waals surface area contributed by atoms with Crippen molar-refractivity contribution in [3.63, 3.8) is 0 Å². The van der Waals surface area contributed by atoms with Crippen LogP contribution >= 0.6 is 0 Å². The number of hydrogen-bond donors (Lipinski definition) is 2. The fourth-order valence-corrected chi connectivity index (χ4v) is 2.77. The Bertz CT molecular complexity index is 351. The molecule has 0 aliphatic rings. The highest BCUT2D eigenvalue weighted by molar-refractivity contribution is 5.31. The zero-order valence-electron chi connectivity index (χ0n) is 13.5. The van der Waals surface area contributed by atoms with E-state index < -0.39 is 0 Å². The van der Waals surface area contributed by atoms with Gasteiger partial charge < -0.3 is 10.8 Å². The Morgan fingerprint density at radius 3 is 1.67 bits per heavy atom. The van der Waals surface area contributed by atoms with Gasteiger partial charge in [0.25, 0.3) is 0 Å². The van der Waals surface area contributed by atoms with Gasteiger partial charge in [0, 0.05) is 0 Å². The molecule has 0 unspecified atom stereocenters. The van der Waals surface area contributed by atoms with Gasteiger partial charge in [-0.25, -0.2) is 0 Å². The third-order valence-electron chi connectivity index (χ3n) is 4.14. The Morgan fingerprint density at radius 1 is 0.667 bits per heavy atom. The van der Waals surface area contributed by atoms with E-state index in [9.17, 15) is 5.11 Å².